The van der Waals surface area contributed by atoms with Gasteiger partial charge in [0.15, 0.2) is 0 Å². The van der Waals surface area contributed by atoms with Crippen LogP contribution in [0.2, 0.25) is 0 Å². The fraction of sp³-hybridized carbons (Fsp3) is 0.500. The first-order chi connectivity index (χ1) is 6.24. The van der Waals surface area contributed by atoms with Crippen LogP contribution in [0.4, 0.5) is 5.82 Å². The number of hydrogen-bond donors (Lipinski definition) is 1. The highest BCUT2D eigenvalue weighted by Gasteiger charge is 2.03. The molecule has 1 atom stereocenters. The van der Waals surface area contributed by atoms with Gasteiger partial charge in [0.2, 0.25) is 0 Å². The van der Waals surface area contributed by atoms with Crippen LogP contribution in [0.3, 0.4) is 0 Å². The van der Waals surface area contributed by atoms with Gasteiger partial charge in [-0.2, -0.15) is 0 Å². The molecular formula is C10H16N2O. The zero-order valence-electron chi connectivity index (χ0n) is 8.16. The number of rotatable bonds is 4. The zero-order chi connectivity index (χ0) is 9.68. The molecule has 0 radical (unpaired) electrons. The van der Waals surface area contributed by atoms with Crippen molar-refractivity contribution < 1.29 is 4.74 Å². The molecule has 72 valence electrons. The summed E-state index contributed by atoms with van der Waals surface area (Å²) >= 11 is 0. The highest BCUT2D eigenvalue weighted by atomic mass is 16.5. The average molecular weight is 180 g/mol. The van der Waals surface area contributed by atoms with Crippen LogP contribution in [-0.4, -0.2) is 18.2 Å². The Kier molecular flexibility index (Phi) is 3.71. The summed E-state index contributed by atoms with van der Waals surface area (Å²) < 4.78 is 5.15. The van der Waals surface area contributed by atoms with E-state index < -0.39 is 0 Å². The van der Waals surface area contributed by atoms with E-state index in [1.165, 1.54) is 0 Å². The van der Waals surface area contributed by atoms with Gasteiger partial charge in [0.1, 0.15) is 5.82 Å². The Morgan fingerprint density at radius 2 is 2.38 bits per heavy atom. The van der Waals surface area contributed by atoms with Gasteiger partial charge >= 0.3 is 0 Å². The Balaban J connectivity index is 2.50. The maximum Gasteiger partial charge on any atom is 0.126 e. The Labute approximate surface area is 78.9 Å². The first kappa shape index (κ1) is 9.99. The Bertz CT molecular complexity index is 263. The van der Waals surface area contributed by atoms with Crippen molar-refractivity contribution in [3.05, 3.63) is 23.9 Å². The molecule has 3 nitrogen and oxygen atoms in total. The molecule has 0 spiro atoms. The minimum Gasteiger partial charge on any atom is -0.383 e. The maximum atomic E-state index is 5.70. The number of ether oxygens (including phenoxy) is 1. The quantitative estimate of drug-likeness (QED) is 0.766. The van der Waals surface area contributed by atoms with Gasteiger partial charge in [0.05, 0.1) is 6.10 Å². The van der Waals surface area contributed by atoms with Crippen LogP contribution < -0.4 is 5.73 Å². The lowest BCUT2D eigenvalue weighted by atomic mass is 10.1. The van der Waals surface area contributed by atoms with Crippen molar-refractivity contribution in [1.29, 1.82) is 0 Å². The number of pyridine rings is 1. The van der Waals surface area contributed by atoms with Crippen LogP contribution in [0.15, 0.2) is 18.3 Å². The Morgan fingerprint density at radius 1 is 1.62 bits per heavy atom. The van der Waals surface area contributed by atoms with Crippen molar-refractivity contribution in [2.45, 2.75) is 25.9 Å². The molecule has 1 aromatic rings. The standard InChI is InChI=1S/C10H16N2O/c1-8(13-2)5-6-9-4-3-7-12-10(9)11/h3-4,7-8H,5-6H2,1-2H3,(H2,11,12). The molecule has 0 aliphatic heterocycles. The lowest BCUT2D eigenvalue weighted by molar-refractivity contribution is 0.111. The van der Waals surface area contributed by atoms with E-state index in [-0.39, 0.29) is 6.10 Å². The summed E-state index contributed by atoms with van der Waals surface area (Å²) in [5, 5.41) is 0. The first-order valence-electron chi connectivity index (χ1n) is 4.46. The number of anilines is 1. The molecule has 1 aromatic heterocycles. The second-order valence-corrected chi connectivity index (χ2v) is 3.13. The molecule has 1 heterocycles. The summed E-state index contributed by atoms with van der Waals surface area (Å²) in [7, 11) is 1.72. The van der Waals surface area contributed by atoms with Gasteiger partial charge < -0.3 is 10.5 Å². The molecule has 0 aliphatic rings. The molecule has 1 rings (SSSR count). The van der Waals surface area contributed by atoms with Crippen LogP contribution in [0.1, 0.15) is 18.9 Å². The lowest BCUT2D eigenvalue weighted by Gasteiger charge is -2.09. The van der Waals surface area contributed by atoms with Gasteiger partial charge in [0, 0.05) is 13.3 Å². The summed E-state index contributed by atoms with van der Waals surface area (Å²) in [6, 6.07) is 3.91. The van der Waals surface area contributed by atoms with Gasteiger partial charge in [-0.05, 0) is 31.4 Å². The predicted octanol–water partition coefficient (Wildman–Crippen LogP) is 1.63. The van der Waals surface area contributed by atoms with Crippen LogP contribution >= 0.6 is 0 Å². The van der Waals surface area contributed by atoms with Gasteiger partial charge in [-0.25, -0.2) is 4.98 Å². The van der Waals surface area contributed by atoms with Crippen LogP contribution in [-0.2, 0) is 11.2 Å². The third kappa shape index (κ3) is 3.03. The summed E-state index contributed by atoms with van der Waals surface area (Å²) in [5.74, 6) is 0.630. The smallest absolute Gasteiger partial charge is 0.126 e. The molecule has 0 bridgehead atoms. The summed E-state index contributed by atoms with van der Waals surface area (Å²) in [4.78, 5) is 4.02. The van der Waals surface area contributed by atoms with Crippen molar-refractivity contribution in [3.63, 3.8) is 0 Å². The van der Waals surface area contributed by atoms with E-state index in [4.69, 9.17) is 10.5 Å². The van der Waals surface area contributed by atoms with E-state index in [1.54, 1.807) is 13.3 Å². The second kappa shape index (κ2) is 4.82. The second-order valence-electron chi connectivity index (χ2n) is 3.13. The number of nitrogen functional groups attached to an aromatic ring is 1. The molecule has 0 aliphatic carbocycles. The van der Waals surface area contributed by atoms with E-state index >= 15 is 0 Å². The molecule has 3 heteroatoms. The summed E-state index contributed by atoms with van der Waals surface area (Å²) in [6.45, 7) is 2.05. The zero-order valence-corrected chi connectivity index (χ0v) is 8.16. The van der Waals surface area contributed by atoms with Crippen molar-refractivity contribution in [2.24, 2.45) is 0 Å². The molecule has 1 unspecified atom stereocenters. The molecular weight excluding hydrogens is 164 g/mol. The van der Waals surface area contributed by atoms with Crippen molar-refractivity contribution in [1.82, 2.24) is 4.98 Å². The SMILES string of the molecule is COC(C)CCc1cccnc1N. The first-order valence-corrected chi connectivity index (χ1v) is 4.46. The van der Waals surface area contributed by atoms with Crippen LogP contribution in [0.5, 0.6) is 0 Å². The third-order valence-corrected chi connectivity index (χ3v) is 2.15. The van der Waals surface area contributed by atoms with Crippen molar-refractivity contribution in [3.8, 4) is 0 Å². The minimum atomic E-state index is 0.277. The highest BCUT2D eigenvalue weighted by Crippen LogP contribution is 2.11. The number of nitrogens with two attached hydrogens (primary N) is 1. The molecule has 13 heavy (non-hydrogen) atoms. The van der Waals surface area contributed by atoms with Crippen LogP contribution in [0.25, 0.3) is 0 Å². The van der Waals surface area contributed by atoms with E-state index in [1.807, 2.05) is 19.1 Å². The third-order valence-electron chi connectivity index (χ3n) is 2.15. The fourth-order valence-electron chi connectivity index (χ4n) is 1.14. The van der Waals surface area contributed by atoms with E-state index in [0.29, 0.717) is 5.82 Å². The number of hydrogen-bond acceptors (Lipinski definition) is 3. The maximum absolute atomic E-state index is 5.70. The summed E-state index contributed by atoms with van der Waals surface area (Å²) in [6.07, 6.45) is 3.89. The van der Waals surface area contributed by atoms with Crippen LogP contribution in [0, 0.1) is 0 Å². The highest BCUT2D eigenvalue weighted by molar-refractivity contribution is 5.38. The van der Waals surface area contributed by atoms with Gasteiger partial charge in [-0.3, -0.25) is 0 Å². The van der Waals surface area contributed by atoms with E-state index in [0.717, 1.165) is 18.4 Å². The summed E-state index contributed by atoms with van der Waals surface area (Å²) in [5.41, 5.74) is 6.80. The molecule has 0 saturated heterocycles. The van der Waals surface area contributed by atoms with Gasteiger partial charge in [-0.1, -0.05) is 6.07 Å². The number of aryl methyl sites for hydroxylation is 1. The number of aromatic nitrogens is 1. The predicted molar refractivity (Wildman–Crippen MR) is 53.4 cm³/mol. The molecule has 0 aromatic carbocycles. The Hall–Kier alpha value is -1.09. The van der Waals surface area contributed by atoms with Crippen molar-refractivity contribution in [2.75, 3.05) is 12.8 Å². The normalized spacial score (nSPS) is 12.8. The monoisotopic (exact) mass is 180 g/mol. The molecule has 0 amide bonds. The van der Waals surface area contributed by atoms with Gasteiger partial charge in [-0.15, -0.1) is 0 Å². The number of methoxy groups -OCH3 is 1. The van der Waals surface area contributed by atoms with Gasteiger partial charge in [0.25, 0.3) is 0 Å². The van der Waals surface area contributed by atoms with Crippen molar-refractivity contribution >= 4 is 5.82 Å². The average Bonchev–Trinajstić information content (AvgIpc) is 2.16. The fourth-order valence-corrected chi connectivity index (χ4v) is 1.14. The Morgan fingerprint density at radius 3 is 3.00 bits per heavy atom. The largest absolute Gasteiger partial charge is 0.383 e. The molecule has 0 saturated carbocycles. The molecule has 0 fully saturated rings. The lowest BCUT2D eigenvalue weighted by Crippen LogP contribution is -2.07. The topological polar surface area (TPSA) is 48.1 Å². The number of nitrogens with zero attached hydrogens (tertiary/aromatic N) is 1. The molecule has 2 N–H and O–H groups in total. The van der Waals surface area contributed by atoms with E-state index in [2.05, 4.69) is 4.98 Å². The minimum absolute atomic E-state index is 0.277. The van der Waals surface area contributed by atoms with E-state index in [9.17, 15) is 0 Å².